The predicted octanol–water partition coefficient (Wildman–Crippen LogP) is 4.47. The number of esters is 1. The number of halogens is 3. The lowest BCUT2D eigenvalue weighted by molar-refractivity contribution is -0.278. The van der Waals surface area contributed by atoms with E-state index in [1.54, 1.807) is 19.1 Å². The highest BCUT2D eigenvalue weighted by Gasteiger charge is 2.64. The molecule has 4 atom stereocenters. The molecule has 2 aromatic carbocycles. The van der Waals surface area contributed by atoms with Crippen LogP contribution in [-0.2, 0) is 34.3 Å². The lowest BCUT2D eigenvalue weighted by atomic mass is 9.92. The van der Waals surface area contributed by atoms with Crippen molar-refractivity contribution in [1.82, 2.24) is 15.1 Å². The molecule has 252 valence electrons. The Morgan fingerprint density at radius 3 is 2.28 bits per heavy atom. The minimum Gasteiger partial charge on any atom is -0.508 e. The highest BCUT2D eigenvalue weighted by atomic mass is 19.4. The van der Waals surface area contributed by atoms with Gasteiger partial charge in [0.25, 0.3) is 5.60 Å². The van der Waals surface area contributed by atoms with Crippen LogP contribution in [0.1, 0.15) is 63.6 Å². The maximum Gasteiger partial charge on any atom is 0.432 e. The second-order valence-corrected chi connectivity index (χ2v) is 11.4. The van der Waals surface area contributed by atoms with Gasteiger partial charge in [0.1, 0.15) is 11.9 Å². The fourth-order valence-electron chi connectivity index (χ4n) is 5.50. The Balaban J connectivity index is 2.07. The van der Waals surface area contributed by atoms with Crippen molar-refractivity contribution in [3.8, 4) is 5.75 Å². The number of phenolic OH excluding ortho intramolecular Hbond substituents is 1. The maximum absolute atomic E-state index is 14.7. The van der Waals surface area contributed by atoms with Gasteiger partial charge in [-0.3, -0.25) is 14.4 Å². The third kappa shape index (κ3) is 8.56. The van der Waals surface area contributed by atoms with Crippen molar-refractivity contribution in [2.45, 2.75) is 70.4 Å². The quantitative estimate of drug-likeness (QED) is 0.424. The first kappa shape index (κ1) is 36.3. The van der Waals surface area contributed by atoms with Gasteiger partial charge in [-0.2, -0.15) is 13.2 Å². The fourth-order valence-corrected chi connectivity index (χ4v) is 5.50. The summed E-state index contributed by atoms with van der Waals surface area (Å²) in [5.41, 5.74) is -3.39. The summed E-state index contributed by atoms with van der Waals surface area (Å²) < 4.78 is 54.7. The van der Waals surface area contributed by atoms with E-state index in [-0.39, 0.29) is 56.6 Å². The number of ether oxygens (including phenoxy) is 2. The summed E-state index contributed by atoms with van der Waals surface area (Å²) in [4.78, 5) is 55.8. The molecule has 1 heterocycles. The smallest absolute Gasteiger partial charge is 0.432 e. The van der Waals surface area contributed by atoms with E-state index in [1.165, 1.54) is 47.1 Å². The number of methoxy groups -OCH3 is 1. The topological polar surface area (TPSA) is 125 Å². The number of hydrogen-bond acceptors (Lipinski definition) is 7. The standard InChI is InChI=1S/C33H42F3N3O7/c1-5-22(2)30(43)38-18-9-17-37-29(42)20-28(24-12-14-26(41)15-13-24)39(23(3)40)19-16-27(21-38)46-31(44)32(45-4,33(34,35)36)25-10-7-6-8-11-25/h6-8,10-15,22,27-28,41H,5,9,16-21H2,1-4H3,(H,37,42)/t22-,27+,28-,32+/m0/s1. The van der Waals surface area contributed by atoms with Crippen LogP contribution >= 0.6 is 0 Å². The lowest BCUT2D eigenvalue weighted by Gasteiger charge is -2.36. The van der Waals surface area contributed by atoms with Crippen LogP contribution < -0.4 is 5.32 Å². The molecule has 0 saturated carbocycles. The van der Waals surface area contributed by atoms with Crippen molar-refractivity contribution in [1.29, 1.82) is 0 Å². The minimum absolute atomic E-state index is 0.0185. The largest absolute Gasteiger partial charge is 0.508 e. The molecule has 13 heteroatoms. The molecule has 0 bridgehead atoms. The van der Waals surface area contributed by atoms with Gasteiger partial charge in [0.2, 0.25) is 17.7 Å². The molecular formula is C33H42F3N3O7. The molecule has 3 rings (SSSR count). The zero-order chi connectivity index (χ0) is 34.1. The van der Waals surface area contributed by atoms with Gasteiger partial charge < -0.3 is 29.7 Å². The van der Waals surface area contributed by atoms with E-state index in [9.17, 15) is 37.5 Å². The van der Waals surface area contributed by atoms with Gasteiger partial charge in [0, 0.05) is 51.6 Å². The Labute approximate surface area is 266 Å². The molecule has 1 aliphatic heterocycles. The van der Waals surface area contributed by atoms with Crippen LogP contribution in [0.2, 0.25) is 0 Å². The van der Waals surface area contributed by atoms with Gasteiger partial charge >= 0.3 is 12.1 Å². The van der Waals surface area contributed by atoms with Crippen LogP contribution in [-0.4, -0.2) is 84.2 Å². The summed E-state index contributed by atoms with van der Waals surface area (Å²) in [7, 11) is 0.773. The molecule has 46 heavy (non-hydrogen) atoms. The third-order valence-electron chi connectivity index (χ3n) is 8.27. The molecule has 0 radical (unpaired) electrons. The molecule has 2 N–H and O–H groups in total. The minimum atomic E-state index is -5.21. The van der Waals surface area contributed by atoms with Crippen LogP contribution in [0.15, 0.2) is 54.6 Å². The maximum atomic E-state index is 14.7. The van der Waals surface area contributed by atoms with Crippen molar-refractivity contribution >= 4 is 23.7 Å². The van der Waals surface area contributed by atoms with Gasteiger partial charge in [-0.25, -0.2) is 4.79 Å². The summed E-state index contributed by atoms with van der Waals surface area (Å²) in [5, 5.41) is 12.6. The van der Waals surface area contributed by atoms with Crippen molar-refractivity contribution in [3.05, 3.63) is 65.7 Å². The summed E-state index contributed by atoms with van der Waals surface area (Å²) in [6.07, 6.45) is -5.97. The monoisotopic (exact) mass is 649 g/mol. The van der Waals surface area contributed by atoms with Crippen molar-refractivity contribution < 1.29 is 46.9 Å². The Morgan fingerprint density at radius 2 is 1.72 bits per heavy atom. The average Bonchev–Trinajstić information content (AvgIpc) is 3.02. The molecule has 1 aliphatic rings. The number of nitrogens with one attached hydrogen (secondary N) is 1. The first-order chi connectivity index (χ1) is 21.7. The molecule has 0 spiro atoms. The van der Waals surface area contributed by atoms with Crippen LogP contribution in [0.3, 0.4) is 0 Å². The van der Waals surface area contributed by atoms with Crippen molar-refractivity contribution in [2.75, 3.05) is 33.3 Å². The summed E-state index contributed by atoms with van der Waals surface area (Å²) >= 11 is 0. The number of amides is 3. The number of alkyl halides is 3. The Kier molecular flexibility index (Phi) is 12.6. The van der Waals surface area contributed by atoms with E-state index in [1.807, 2.05) is 6.92 Å². The van der Waals surface area contributed by atoms with Crippen LogP contribution in [0, 0.1) is 5.92 Å². The molecule has 2 aromatic rings. The van der Waals surface area contributed by atoms with E-state index in [0.29, 0.717) is 18.4 Å². The number of nitrogens with zero attached hydrogens (tertiary/aromatic N) is 2. The molecular weight excluding hydrogens is 607 g/mol. The van der Waals surface area contributed by atoms with Gasteiger partial charge in [-0.15, -0.1) is 0 Å². The number of carbonyl (C=O) groups excluding carboxylic acids is 4. The molecule has 0 unspecified atom stereocenters. The first-order valence-electron chi connectivity index (χ1n) is 15.2. The number of benzene rings is 2. The number of aromatic hydroxyl groups is 1. The summed E-state index contributed by atoms with van der Waals surface area (Å²) in [5.74, 6) is -3.23. The van der Waals surface area contributed by atoms with Gasteiger partial charge in [0.05, 0.1) is 19.0 Å². The highest BCUT2D eigenvalue weighted by molar-refractivity contribution is 5.83. The number of rotatable bonds is 7. The Hall–Kier alpha value is -4.13. The molecule has 0 aromatic heterocycles. The molecule has 3 amide bonds. The normalized spacial score (nSPS) is 20.6. The average molecular weight is 650 g/mol. The lowest BCUT2D eigenvalue weighted by Crippen LogP contribution is -2.53. The number of carbonyl (C=O) groups is 4. The molecule has 10 nitrogen and oxygen atoms in total. The van der Waals surface area contributed by atoms with Gasteiger partial charge in [-0.1, -0.05) is 56.3 Å². The fraction of sp³-hybridized carbons (Fsp3) is 0.515. The predicted molar refractivity (Wildman–Crippen MR) is 162 cm³/mol. The Bertz CT molecular complexity index is 1340. The second-order valence-electron chi connectivity index (χ2n) is 11.4. The highest BCUT2D eigenvalue weighted by Crippen LogP contribution is 2.43. The molecule has 1 saturated heterocycles. The summed E-state index contributed by atoms with van der Waals surface area (Å²) in [6.45, 7) is 4.79. The van der Waals surface area contributed by atoms with Gasteiger partial charge in [0.15, 0.2) is 0 Å². The third-order valence-corrected chi connectivity index (χ3v) is 8.27. The number of phenols is 1. The van der Waals surface area contributed by atoms with E-state index in [4.69, 9.17) is 9.47 Å². The zero-order valence-corrected chi connectivity index (χ0v) is 26.5. The molecule has 0 aliphatic carbocycles. The van der Waals surface area contributed by atoms with E-state index >= 15 is 0 Å². The van der Waals surface area contributed by atoms with Crippen LogP contribution in [0.25, 0.3) is 0 Å². The van der Waals surface area contributed by atoms with Gasteiger partial charge in [-0.05, 0) is 30.5 Å². The SMILES string of the molecule is CC[C@H](C)C(=O)N1CCCNC(=O)C[C@@H](c2ccc(O)cc2)N(C(C)=O)CC[C@@H](OC(=O)[C@](OC)(c2ccccc2)C(F)(F)F)C1. The zero-order valence-electron chi connectivity index (χ0n) is 26.5. The first-order valence-corrected chi connectivity index (χ1v) is 15.2. The second kappa shape index (κ2) is 15.9. The molecule has 1 fully saturated rings. The van der Waals surface area contributed by atoms with E-state index in [2.05, 4.69) is 5.32 Å². The summed E-state index contributed by atoms with van der Waals surface area (Å²) in [6, 6.07) is 11.6. The van der Waals surface area contributed by atoms with Crippen molar-refractivity contribution in [3.63, 3.8) is 0 Å². The van der Waals surface area contributed by atoms with Crippen LogP contribution in [0.4, 0.5) is 13.2 Å². The van der Waals surface area contributed by atoms with Crippen LogP contribution in [0.5, 0.6) is 5.75 Å². The number of hydrogen-bond donors (Lipinski definition) is 2. The van der Waals surface area contributed by atoms with Crippen molar-refractivity contribution in [2.24, 2.45) is 5.92 Å². The Morgan fingerprint density at radius 1 is 1.07 bits per heavy atom. The van der Waals surface area contributed by atoms with E-state index in [0.717, 1.165) is 19.2 Å². The van der Waals surface area contributed by atoms with E-state index < -0.39 is 47.3 Å².